The molecule has 1 rings (SSSR count). The van der Waals surface area contributed by atoms with E-state index >= 15 is 0 Å². The minimum atomic E-state index is -0.156. The van der Waals surface area contributed by atoms with Gasteiger partial charge in [-0.05, 0) is 86.5 Å². The first kappa shape index (κ1) is 37.1. The molecule has 0 aliphatic carbocycles. The van der Waals surface area contributed by atoms with Crippen molar-refractivity contribution < 1.29 is 19.7 Å². The van der Waals surface area contributed by atoms with Crippen molar-refractivity contribution in [2.24, 2.45) is 0 Å². The molecule has 0 fully saturated rings. The molecule has 1 aromatic rings. The number of aliphatic hydroxyl groups excluding tert-OH is 2. The molecular formula is C36H66O4. The Hall–Kier alpha value is -0.940. The van der Waals surface area contributed by atoms with E-state index in [2.05, 4.69) is 26.0 Å². The fourth-order valence-corrected chi connectivity index (χ4v) is 5.92. The van der Waals surface area contributed by atoms with Crippen LogP contribution < -0.4 is 0 Å². The Balaban J connectivity index is 2.85. The highest BCUT2D eigenvalue weighted by atomic mass is 16.6. The second-order valence-corrected chi connectivity index (χ2v) is 11.8. The number of aryl methyl sites for hydroxylation is 2. The molecule has 2 N–H and O–H groups in total. The quantitative estimate of drug-likeness (QED) is 0.0724. The number of aliphatic hydroxyl groups is 2. The highest BCUT2D eigenvalue weighted by molar-refractivity contribution is 5.42. The van der Waals surface area contributed by atoms with E-state index in [1.54, 1.807) is 22.3 Å². The van der Waals surface area contributed by atoms with Crippen LogP contribution in [0.15, 0.2) is 12.1 Å². The number of ether oxygens (including phenoxy) is 2. The Labute approximate surface area is 248 Å². The Kier molecular flexibility index (Phi) is 26.1. The van der Waals surface area contributed by atoms with Crippen molar-refractivity contribution in [3.05, 3.63) is 34.4 Å². The summed E-state index contributed by atoms with van der Waals surface area (Å²) in [6.07, 6.45) is 30.6. The topological polar surface area (TPSA) is 58.9 Å². The lowest BCUT2D eigenvalue weighted by molar-refractivity contribution is -0.00314. The summed E-state index contributed by atoms with van der Waals surface area (Å²) in [6, 6.07) is 5.00. The number of rotatable bonds is 30. The summed E-state index contributed by atoms with van der Waals surface area (Å²) >= 11 is 0. The number of hydrogen-bond acceptors (Lipinski definition) is 4. The average molecular weight is 563 g/mol. The molecule has 0 aliphatic rings. The van der Waals surface area contributed by atoms with Crippen molar-refractivity contribution in [2.45, 2.75) is 168 Å². The lowest BCUT2D eigenvalue weighted by atomic mass is 9.85. The van der Waals surface area contributed by atoms with Crippen molar-refractivity contribution in [2.75, 3.05) is 26.8 Å². The maximum absolute atomic E-state index is 8.80. The summed E-state index contributed by atoms with van der Waals surface area (Å²) < 4.78 is 10.2. The molecule has 0 atom stereocenters. The van der Waals surface area contributed by atoms with Gasteiger partial charge in [-0.3, -0.25) is 0 Å². The molecular weight excluding hydrogens is 496 g/mol. The Morgan fingerprint density at radius 1 is 0.425 bits per heavy atom. The van der Waals surface area contributed by atoms with Crippen LogP contribution in [-0.4, -0.2) is 37.0 Å². The monoisotopic (exact) mass is 562 g/mol. The zero-order valence-corrected chi connectivity index (χ0v) is 26.7. The molecule has 234 valence electrons. The lowest BCUT2D eigenvalue weighted by Gasteiger charge is -2.20. The number of unbranched alkanes of at least 4 members (excludes halogenated alkanes) is 16. The van der Waals surface area contributed by atoms with Crippen molar-refractivity contribution in [1.29, 1.82) is 0 Å². The van der Waals surface area contributed by atoms with E-state index in [4.69, 9.17) is 19.7 Å². The summed E-state index contributed by atoms with van der Waals surface area (Å²) in [7, 11) is 0. The van der Waals surface area contributed by atoms with Gasteiger partial charge in [-0.1, -0.05) is 116 Å². The fraction of sp³-hybridized carbons (Fsp3) is 0.833. The van der Waals surface area contributed by atoms with E-state index in [9.17, 15) is 0 Å². The normalized spacial score (nSPS) is 11.5. The van der Waals surface area contributed by atoms with Crippen molar-refractivity contribution in [1.82, 2.24) is 0 Å². The van der Waals surface area contributed by atoms with Crippen molar-refractivity contribution in [3.63, 3.8) is 0 Å². The number of benzene rings is 1. The van der Waals surface area contributed by atoms with Crippen LogP contribution in [0.2, 0.25) is 0 Å². The third-order valence-corrected chi connectivity index (χ3v) is 8.34. The van der Waals surface area contributed by atoms with Gasteiger partial charge >= 0.3 is 0 Å². The van der Waals surface area contributed by atoms with Crippen molar-refractivity contribution >= 4 is 0 Å². The van der Waals surface area contributed by atoms with Crippen LogP contribution >= 0.6 is 0 Å². The van der Waals surface area contributed by atoms with E-state index < -0.39 is 0 Å². The van der Waals surface area contributed by atoms with Gasteiger partial charge in [0.05, 0.1) is 0 Å². The van der Waals surface area contributed by atoms with E-state index in [-0.39, 0.29) is 13.6 Å². The van der Waals surface area contributed by atoms with Gasteiger partial charge in [-0.2, -0.15) is 0 Å². The molecule has 0 bridgehead atoms. The van der Waals surface area contributed by atoms with Gasteiger partial charge in [0.15, 0.2) is 0 Å². The summed E-state index contributed by atoms with van der Waals surface area (Å²) in [5.41, 5.74) is 6.70. The maximum Gasteiger partial charge on any atom is 0.143 e. The van der Waals surface area contributed by atoms with Gasteiger partial charge in [-0.25, -0.2) is 0 Å². The van der Waals surface area contributed by atoms with Crippen LogP contribution in [0.4, 0.5) is 0 Å². The lowest BCUT2D eigenvalue weighted by Crippen LogP contribution is -2.07. The van der Waals surface area contributed by atoms with Gasteiger partial charge in [0, 0.05) is 13.2 Å². The van der Waals surface area contributed by atoms with Gasteiger partial charge in [-0.15, -0.1) is 0 Å². The van der Waals surface area contributed by atoms with E-state index in [1.807, 2.05) is 0 Å². The predicted octanol–water partition coefficient (Wildman–Crippen LogP) is 9.63. The first-order valence-electron chi connectivity index (χ1n) is 17.3. The van der Waals surface area contributed by atoms with Crippen LogP contribution in [0, 0.1) is 0 Å². The molecule has 40 heavy (non-hydrogen) atoms. The van der Waals surface area contributed by atoms with Crippen molar-refractivity contribution in [3.8, 4) is 0 Å². The Bertz CT molecular complexity index is 675. The molecule has 4 heteroatoms. The maximum atomic E-state index is 8.80. The summed E-state index contributed by atoms with van der Waals surface area (Å²) in [6.45, 7) is 5.65. The van der Waals surface area contributed by atoms with Gasteiger partial charge in [0.2, 0.25) is 0 Å². The molecule has 0 aromatic heterocycles. The fourth-order valence-electron chi connectivity index (χ4n) is 5.92. The standard InChI is InChI=1S/C36H66O4/c1-3-5-7-9-13-19-25-35-33(23-17-8-6-4-2)27-28-34(24-18-12-10-15-21-29-39-31-37)36(35)26-20-14-11-16-22-30-40-32-38/h27-28,37-38H,3-26,29-32H2,1-2H3. The molecule has 0 saturated heterocycles. The van der Waals surface area contributed by atoms with Crippen LogP contribution in [0.25, 0.3) is 0 Å². The molecule has 0 saturated carbocycles. The molecule has 0 unspecified atom stereocenters. The molecule has 1 aromatic carbocycles. The zero-order valence-electron chi connectivity index (χ0n) is 26.7. The van der Waals surface area contributed by atoms with Gasteiger partial charge in [0.1, 0.15) is 13.6 Å². The third kappa shape index (κ3) is 19.2. The summed E-state index contributed by atoms with van der Waals surface area (Å²) in [5.74, 6) is 0. The van der Waals surface area contributed by atoms with Gasteiger partial charge < -0.3 is 19.7 Å². The average Bonchev–Trinajstić information content (AvgIpc) is 2.97. The minimum absolute atomic E-state index is 0.156. The van der Waals surface area contributed by atoms with E-state index in [1.165, 1.54) is 141 Å². The second kappa shape index (κ2) is 28.2. The molecule has 0 spiro atoms. The van der Waals surface area contributed by atoms with Crippen LogP contribution in [-0.2, 0) is 35.2 Å². The van der Waals surface area contributed by atoms with E-state index in [0.717, 1.165) is 12.8 Å². The third-order valence-electron chi connectivity index (χ3n) is 8.34. The molecule has 0 radical (unpaired) electrons. The molecule has 0 heterocycles. The summed E-state index contributed by atoms with van der Waals surface area (Å²) in [5, 5.41) is 17.6. The molecule has 0 aliphatic heterocycles. The van der Waals surface area contributed by atoms with Gasteiger partial charge in [0.25, 0.3) is 0 Å². The Morgan fingerprint density at radius 3 is 1.15 bits per heavy atom. The first-order chi connectivity index (χ1) is 19.8. The second-order valence-electron chi connectivity index (χ2n) is 11.8. The molecule has 0 amide bonds. The predicted molar refractivity (Wildman–Crippen MR) is 171 cm³/mol. The van der Waals surface area contributed by atoms with Crippen LogP contribution in [0.3, 0.4) is 0 Å². The summed E-state index contributed by atoms with van der Waals surface area (Å²) in [4.78, 5) is 0. The SMILES string of the molecule is CCCCCCCCc1c(CCCCCC)ccc(CCCCCCCOCO)c1CCCCCCCOCO. The van der Waals surface area contributed by atoms with Crippen LogP contribution in [0.5, 0.6) is 0 Å². The zero-order chi connectivity index (χ0) is 28.9. The molecule has 4 nitrogen and oxygen atoms in total. The minimum Gasteiger partial charge on any atom is -0.371 e. The number of hydrogen-bond donors (Lipinski definition) is 2. The highest BCUT2D eigenvalue weighted by Gasteiger charge is 2.14. The van der Waals surface area contributed by atoms with Crippen LogP contribution in [0.1, 0.15) is 165 Å². The van der Waals surface area contributed by atoms with E-state index in [0.29, 0.717) is 13.2 Å². The highest BCUT2D eigenvalue weighted by Crippen LogP contribution is 2.28. The Morgan fingerprint density at radius 2 is 0.750 bits per heavy atom. The first-order valence-corrected chi connectivity index (χ1v) is 17.3. The smallest absolute Gasteiger partial charge is 0.143 e. The largest absolute Gasteiger partial charge is 0.371 e.